The molecule has 0 aliphatic carbocycles. The summed E-state index contributed by atoms with van der Waals surface area (Å²) in [6, 6.07) is 4.69. The van der Waals surface area contributed by atoms with Gasteiger partial charge in [-0.1, -0.05) is 44.4 Å². The zero-order valence-corrected chi connectivity index (χ0v) is 11.7. The minimum absolute atomic E-state index is 0.391. The lowest BCUT2D eigenvalue weighted by molar-refractivity contribution is 0.402. The maximum absolute atomic E-state index is 3.65. The first-order valence-corrected chi connectivity index (χ1v) is 6.98. The Bertz CT molecular complexity index is 408. The second-order valence-corrected chi connectivity index (χ2v) is 5.60. The number of hydrogen-bond donors (Lipinski definition) is 1. The van der Waals surface area contributed by atoms with Crippen LogP contribution in [0.15, 0.2) is 12.1 Å². The maximum Gasteiger partial charge on any atom is 0.0409 e. The van der Waals surface area contributed by atoms with E-state index in [0.29, 0.717) is 5.41 Å². The van der Waals surface area contributed by atoms with Crippen LogP contribution in [0.3, 0.4) is 0 Å². The first-order chi connectivity index (χ1) is 8.13. The number of fused-ring (bicyclic) bond motifs is 1. The van der Waals surface area contributed by atoms with Crippen LogP contribution in [0.2, 0.25) is 0 Å². The predicted octanol–water partition coefficient (Wildman–Crippen LogP) is 4.57. The second kappa shape index (κ2) is 4.72. The Labute approximate surface area is 106 Å². The molecule has 0 saturated heterocycles. The summed E-state index contributed by atoms with van der Waals surface area (Å²) in [5.74, 6) is 0. The molecule has 94 valence electrons. The zero-order valence-electron chi connectivity index (χ0n) is 11.7. The van der Waals surface area contributed by atoms with Crippen LogP contribution in [-0.2, 0) is 5.41 Å². The lowest BCUT2D eigenvalue weighted by Crippen LogP contribution is -2.27. The Hall–Kier alpha value is -0.980. The lowest BCUT2D eigenvalue weighted by Gasteiger charge is -2.28. The molecule has 1 N–H and O–H groups in total. The topological polar surface area (TPSA) is 12.0 Å². The fourth-order valence-electron chi connectivity index (χ4n) is 3.20. The van der Waals surface area contributed by atoms with E-state index in [9.17, 15) is 0 Å². The highest BCUT2D eigenvalue weighted by molar-refractivity contribution is 5.66. The molecule has 0 amide bonds. The Morgan fingerprint density at radius 1 is 1.24 bits per heavy atom. The van der Waals surface area contributed by atoms with Gasteiger partial charge in [-0.2, -0.15) is 0 Å². The Morgan fingerprint density at radius 2 is 2.00 bits per heavy atom. The standard InChI is InChI=1S/C16H25N/c1-5-7-8-16(6-2)11-17-15-13(4)9-12(3)10-14(15)16/h9-10,17H,5-8,11H2,1-4H3. The largest absolute Gasteiger partial charge is 0.384 e. The molecule has 1 aromatic rings. The summed E-state index contributed by atoms with van der Waals surface area (Å²) >= 11 is 0. The van der Waals surface area contributed by atoms with Crippen LogP contribution in [0.25, 0.3) is 0 Å². The van der Waals surface area contributed by atoms with E-state index in [1.165, 1.54) is 42.5 Å². The predicted molar refractivity (Wildman–Crippen MR) is 75.9 cm³/mol. The lowest BCUT2D eigenvalue weighted by atomic mass is 9.75. The second-order valence-electron chi connectivity index (χ2n) is 5.60. The molecule has 1 aliphatic rings. The van der Waals surface area contributed by atoms with E-state index in [2.05, 4.69) is 45.1 Å². The highest BCUT2D eigenvalue weighted by atomic mass is 14.9. The number of anilines is 1. The van der Waals surface area contributed by atoms with Crippen LogP contribution in [0.4, 0.5) is 5.69 Å². The van der Waals surface area contributed by atoms with Crippen molar-refractivity contribution < 1.29 is 0 Å². The fraction of sp³-hybridized carbons (Fsp3) is 0.625. The van der Waals surface area contributed by atoms with Crippen molar-refractivity contribution in [2.75, 3.05) is 11.9 Å². The van der Waals surface area contributed by atoms with E-state index in [1.54, 1.807) is 5.56 Å². The van der Waals surface area contributed by atoms with Crippen molar-refractivity contribution in [3.63, 3.8) is 0 Å². The molecule has 0 bridgehead atoms. The van der Waals surface area contributed by atoms with Crippen LogP contribution >= 0.6 is 0 Å². The molecule has 0 saturated carbocycles. The van der Waals surface area contributed by atoms with Gasteiger partial charge in [0.05, 0.1) is 0 Å². The van der Waals surface area contributed by atoms with Crippen molar-refractivity contribution in [2.24, 2.45) is 0 Å². The minimum Gasteiger partial charge on any atom is -0.384 e. The molecule has 17 heavy (non-hydrogen) atoms. The van der Waals surface area contributed by atoms with Crippen LogP contribution in [0.5, 0.6) is 0 Å². The molecule has 1 heterocycles. The molecule has 1 nitrogen and oxygen atoms in total. The minimum atomic E-state index is 0.391. The summed E-state index contributed by atoms with van der Waals surface area (Å²) in [4.78, 5) is 0. The summed E-state index contributed by atoms with van der Waals surface area (Å²) < 4.78 is 0. The van der Waals surface area contributed by atoms with Crippen molar-refractivity contribution in [3.05, 3.63) is 28.8 Å². The molecular formula is C16H25N. The third-order valence-corrected chi connectivity index (χ3v) is 4.34. The first kappa shape index (κ1) is 12.5. The summed E-state index contributed by atoms with van der Waals surface area (Å²) in [6.45, 7) is 10.2. The molecule has 2 rings (SSSR count). The van der Waals surface area contributed by atoms with Gasteiger partial charge in [-0.3, -0.25) is 0 Å². The maximum atomic E-state index is 3.65. The average Bonchev–Trinajstić information content (AvgIpc) is 2.66. The van der Waals surface area contributed by atoms with Gasteiger partial charge >= 0.3 is 0 Å². The first-order valence-electron chi connectivity index (χ1n) is 6.98. The highest BCUT2D eigenvalue weighted by Crippen LogP contribution is 2.44. The average molecular weight is 231 g/mol. The molecule has 0 radical (unpaired) electrons. The van der Waals surface area contributed by atoms with Gasteiger partial charge in [0, 0.05) is 17.6 Å². The number of benzene rings is 1. The number of unbranched alkanes of at least 4 members (excludes halogenated alkanes) is 1. The number of aryl methyl sites for hydroxylation is 2. The van der Waals surface area contributed by atoms with E-state index in [4.69, 9.17) is 0 Å². The van der Waals surface area contributed by atoms with Gasteiger partial charge in [-0.15, -0.1) is 0 Å². The Kier molecular flexibility index (Phi) is 3.46. The number of hydrogen-bond acceptors (Lipinski definition) is 1. The monoisotopic (exact) mass is 231 g/mol. The van der Waals surface area contributed by atoms with E-state index < -0.39 is 0 Å². The molecule has 0 aromatic heterocycles. The van der Waals surface area contributed by atoms with Gasteiger partial charge in [0.25, 0.3) is 0 Å². The fourth-order valence-corrected chi connectivity index (χ4v) is 3.20. The number of rotatable bonds is 4. The molecule has 1 aromatic carbocycles. The van der Waals surface area contributed by atoms with Crippen LogP contribution in [0, 0.1) is 13.8 Å². The Balaban J connectivity index is 2.42. The van der Waals surface area contributed by atoms with Gasteiger partial charge in [0.15, 0.2) is 0 Å². The summed E-state index contributed by atoms with van der Waals surface area (Å²) in [5.41, 5.74) is 6.19. The van der Waals surface area contributed by atoms with E-state index >= 15 is 0 Å². The smallest absolute Gasteiger partial charge is 0.0409 e. The van der Waals surface area contributed by atoms with Crippen LogP contribution < -0.4 is 5.32 Å². The molecule has 0 spiro atoms. The van der Waals surface area contributed by atoms with Gasteiger partial charge in [-0.05, 0) is 37.8 Å². The summed E-state index contributed by atoms with van der Waals surface area (Å²) in [5, 5.41) is 3.65. The van der Waals surface area contributed by atoms with Crippen molar-refractivity contribution in [3.8, 4) is 0 Å². The molecule has 1 heteroatoms. The third kappa shape index (κ3) is 2.08. The normalized spacial score (nSPS) is 22.4. The van der Waals surface area contributed by atoms with E-state index in [1.807, 2.05) is 0 Å². The molecule has 1 unspecified atom stereocenters. The molecule has 1 aliphatic heterocycles. The van der Waals surface area contributed by atoms with Crippen LogP contribution in [-0.4, -0.2) is 6.54 Å². The van der Waals surface area contributed by atoms with Crippen LogP contribution in [0.1, 0.15) is 56.2 Å². The van der Waals surface area contributed by atoms with Crippen molar-refractivity contribution in [2.45, 2.75) is 58.8 Å². The van der Waals surface area contributed by atoms with E-state index in [0.717, 1.165) is 6.54 Å². The third-order valence-electron chi connectivity index (χ3n) is 4.34. The molecule has 0 fully saturated rings. The van der Waals surface area contributed by atoms with Gasteiger partial charge in [0.2, 0.25) is 0 Å². The number of nitrogens with one attached hydrogen (secondary N) is 1. The zero-order chi connectivity index (χ0) is 12.5. The Morgan fingerprint density at radius 3 is 2.65 bits per heavy atom. The van der Waals surface area contributed by atoms with Gasteiger partial charge in [-0.25, -0.2) is 0 Å². The quantitative estimate of drug-likeness (QED) is 0.800. The SMILES string of the molecule is CCCCC1(CC)CNc2c(C)cc(C)cc21. The highest BCUT2D eigenvalue weighted by Gasteiger charge is 2.37. The molecule has 1 atom stereocenters. The van der Waals surface area contributed by atoms with E-state index in [-0.39, 0.29) is 0 Å². The van der Waals surface area contributed by atoms with Gasteiger partial charge < -0.3 is 5.32 Å². The molecular weight excluding hydrogens is 206 g/mol. The summed E-state index contributed by atoms with van der Waals surface area (Å²) in [6.07, 6.45) is 5.20. The van der Waals surface area contributed by atoms with Crippen molar-refractivity contribution >= 4 is 5.69 Å². The van der Waals surface area contributed by atoms with Crippen molar-refractivity contribution in [1.29, 1.82) is 0 Å². The van der Waals surface area contributed by atoms with Crippen molar-refractivity contribution in [1.82, 2.24) is 0 Å². The van der Waals surface area contributed by atoms with Gasteiger partial charge in [0.1, 0.15) is 0 Å². The summed E-state index contributed by atoms with van der Waals surface area (Å²) in [7, 11) is 0.